The summed E-state index contributed by atoms with van der Waals surface area (Å²) in [5.74, 6) is 1.13. The molecule has 1 aromatic rings. The van der Waals surface area contributed by atoms with Crippen LogP contribution in [-0.4, -0.2) is 16.5 Å². The summed E-state index contributed by atoms with van der Waals surface area (Å²) in [6, 6.07) is -0.186. The lowest BCUT2D eigenvalue weighted by Gasteiger charge is -2.11. The van der Waals surface area contributed by atoms with Crippen LogP contribution in [0.2, 0.25) is 0 Å². The summed E-state index contributed by atoms with van der Waals surface area (Å²) in [5.41, 5.74) is 5.48. The summed E-state index contributed by atoms with van der Waals surface area (Å²) < 4.78 is 5.36. The molecule has 0 bridgehead atoms. The summed E-state index contributed by atoms with van der Waals surface area (Å²) in [7, 11) is 0. The molecule has 124 valence electrons. The number of unbranched alkanes of at least 4 members (excludes halogenated alkanes) is 5. The predicted octanol–water partition coefficient (Wildman–Crippen LogP) is 4.18. The highest BCUT2D eigenvalue weighted by molar-refractivity contribution is 5.48. The van der Waals surface area contributed by atoms with Gasteiger partial charge < -0.3 is 14.9 Å². The van der Waals surface area contributed by atoms with Gasteiger partial charge in [-0.15, -0.1) is 10.2 Å². The van der Waals surface area contributed by atoms with Crippen molar-refractivity contribution in [1.29, 1.82) is 0 Å². The highest BCUT2D eigenvalue weighted by Gasteiger charge is 2.22. The minimum atomic E-state index is -0.186. The maximum absolute atomic E-state index is 9.84. The quantitative estimate of drug-likeness (QED) is 0.603. The number of hydrogen-bond acceptors (Lipinski definition) is 5. The standard InChI is InChI=1S/C8H15N3O.C8H16O.H2/c1-5(9)6-10-11-7(12-6)8(2,3)4;1-2-3-4-5-6-7-8-9;/h5H,9H2,1-4H3;8H,2-7H2,1H3;1H/t5-;;/m1../s1. The maximum atomic E-state index is 9.84. The molecular weight excluding hydrogens is 266 g/mol. The second-order valence-corrected chi connectivity index (χ2v) is 6.35. The molecule has 0 unspecified atom stereocenters. The zero-order chi connectivity index (χ0) is 16.3. The van der Waals surface area contributed by atoms with Crippen molar-refractivity contribution in [2.45, 2.75) is 84.6 Å². The zero-order valence-corrected chi connectivity index (χ0v) is 14.2. The topological polar surface area (TPSA) is 82.0 Å². The molecule has 0 fully saturated rings. The average Bonchev–Trinajstić information content (AvgIpc) is 2.89. The number of nitrogens with zero attached hydrogens (tertiary/aromatic N) is 2. The Morgan fingerprint density at radius 1 is 1.24 bits per heavy atom. The van der Waals surface area contributed by atoms with Crippen molar-refractivity contribution >= 4 is 6.29 Å². The van der Waals surface area contributed by atoms with Crippen molar-refractivity contribution in [3.8, 4) is 0 Å². The van der Waals surface area contributed by atoms with Gasteiger partial charge in [0.25, 0.3) is 0 Å². The van der Waals surface area contributed by atoms with Crippen LogP contribution in [0.4, 0.5) is 0 Å². The van der Waals surface area contributed by atoms with E-state index in [-0.39, 0.29) is 12.9 Å². The fourth-order valence-electron chi connectivity index (χ4n) is 1.55. The smallest absolute Gasteiger partial charge is 0.232 e. The molecule has 0 amide bonds. The number of aromatic nitrogens is 2. The third-order valence-corrected chi connectivity index (χ3v) is 2.90. The highest BCUT2D eigenvalue weighted by Crippen LogP contribution is 2.21. The van der Waals surface area contributed by atoms with E-state index in [0.29, 0.717) is 11.8 Å². The van der Waals surface area contributed by atoms with Gasteiger partial charge in [0.2, 0.25) is 11.8 Å². The van der Waals surface area contributed by atoms with E-state index in [1.165, 1.54) is 25.7 Å². The molecule has 0 aliphatic rings. The van der Waals surface area contributed by atoms with Crippen LogP contribution in [0.25, 0.3) is 0 Å². The Balaban J connectivity index is 0. The van der Waals surface area contributed by atoms with E-state index in [1.807, 2.05) is 27.7 Å². The molecule has 5 nitrogen and oxygen atoms in total. The van der Waals surface area contributed by atoms with Crippen LogP contribution in [0.3, 0.4) is 0 Å². The number of rotatable bonds is 7. The van der Waals surface area contributed by atoms with Gasteiger partial charge >= 0.3 is 0 Å². The molecule has 21 heavy (non-hydrogen) atoms. The van der Waals surface area contributed by atoms with Crippen molar-refractivity contribution < 1.29 is 10.6 Å². The third-order valence-electron chi connectivity index (χ3n) is 2.90. The van der Waals surface area contributed by atoms with Crippen LogP contribution >= 0.6 is 0 Å². The first-order chi connectivity index (χ1) is 9.82. The molecule has 0 aliphatic carbocycles. The molecule has 0 saturated heterocycles. The van der Waals surface area contributed by atoms with Gasteiger partial charge in [0, 0.05) is 13.3 Å². The van der Waals surface area contributed by atoms with Crippen LogP contribution in [0.5, 0.6) is 0 Å². The van der Waals surface area contributed by atoms with E-state index in [2.05, 4.69) is 17.1 Å². The van der Waals surface area contributed by atoms with Gasteiger partial charge in [-0.3, -0.25) is 0 Å². The lowest BCUT2D eigenvalue weighted by atomic mass is 9.97. The molecule has 0 saturated carbocycles. The van der Waals surface area contributed by atoms with E-state index in [4.69, 9.17) is 10.2 Å². The Morgan fingerprint density at radius 2 is 1.86 bits per heavy atom. The monoisotopic (exact) mass is 299 g/mol. The van der Waals surface area contributed by atoms with E-state index in [0.717, 1.165) is 19.1 Å². The van der Waals surface area contributed by atoms with Crippen molar-refractivity contribution in [1.82, 2.24) is 10.2 Å². The summed E-state index contributed by atoms with van der Waals surface area (Å²) in [6.07, 6.45) is 7.97. The average molecular weight is 299 g/mol. The van der Waals surface area contributed by atoms with Gasteiger partial charge in [-0.2, -0.15) is 0 Å². The van der Waals surface area contributed by atoms with E-state index in [9.17, 15) is 4.79 Å². The molecule has 5 heteroatoms. The van der Waals surface area contributed by atoms with Crippen LogP contribution in [0, 0.1) is 0 Å². The Kier molecular flexibility index (Phi) is 9.88. The van der Waals surface area contributed by atoms with Gasteiger partial charge in [-0.1, -0.05) is 53.4 Å². The molecule has 0 aromatic carbocycles. The van der Waals surface area contributed by atoms with Crippen molar-refractivity contribution in [3.63, 3.8) is 0 Å². The van der Waals surface area contributed by atoms with Crippen LogP contribution < -0.4 is 5.73 Å². The first-order valence-corrected chi connectivity index (χ1v) is 7.86. The van der Waals surface area contributed by atoms with Crippen LogP contribution in [-0.2, 0) is 10.2 Å². The minimum absolute atomic E-state index is 0. The fourth-order valence-corrected chi connectivity index (χ4v) is 1.55. The Hall–Kier alpha value is -1.23. The second kappa shape index (κ2) is 10.5. The Morgan fingerprint density at radius 3 is 2.24 bits per heavy atom. The first-order valence-electron chi connectivity index (χ1n) is 7.86. The number of hydrogen-bond donors (Lipinski definition) is 1. The third kappa shape index (κ3) is 9.34. The highest BCUT2D eigenvalue weighted by atomic mass is 16.4. The number of carbonyl (C=O) groups is 1. The molecule has 2 N–H and O–H groups in total. The SMILES string of the molecule is CCCCCCCC=O.C[C@@H](N)c1nnc(C(C)(C)C)o1.[HH]. The largest absolute Gasteiger partial charge is 0.423 e. The summed E-state index contributed by atoms with van der Waals surface area (Å²) >= 11 is 0. The summed E-state index contributed by atoms with van der Waals surface area (Å²) in [5, 5.41) is 7.75. The minimum Gasteiger partial charge on any atom is -0.423 e. The fraction of sp³-hybridized carbons (Fsp3) is 0.812. The predicted molar refractivity (Wildman–Crippen MR) is 87.2 cm³/mol. The van der Waals surface area contributed by atoms with Crippen LogP contribution in [0.15, 0.2) is 4.42 Å². The van der Waals surface area contributed by atoms with Crippen LogP contribution in [0.1, 0.15) is 92.4 Å². The molecule has 0 radical (unpaired) electrons. The number of nitrogens with two attached hydrogens (primary N) is 1. The molecular formula is C16H33N3O2. The number of carbonyl (C=O) groups excluding carboxylic acids is 1. The lowest BCUT2D eigenvalue weighted by Crippen LogP contribution is -2.11. The molecule has 1 rings (SSSR count). The molecule has 0 aliphatic heterocycles. The van der Waals surface area contributed by atoms with E-state index < -0.39 is 0 Å². The molecule has 1 atom stereocenters. The van der Waals surface area contributed by atoms with Crippen molar-refractivity contribution in [2.24, 2.45) is 5.73 Å². The summed E-state index contributed by atoms with van der Waals surface area (Å²) in [6.45, 7) is 10.1. The number of aldehydes is 1. The van der Waals surface area contributed by atoms with Gasteiger partial charge in [-0.05, 0) is 13.3 Å². The summed E-state index contributed by atoms with van der Waals surface area (Å²) in [4.78, 5) is 9.84. The first kappa shape index (κ1) is 19.8. The molecule has 0 spiro atoms. The normalized spacial score (nSPS) is 12.5. The Labute approximate surface area is 130 Å². The van der Waals surface area contributed by atoms with Crippen molar-refractivity contribution in [2.75, 3.05) is 0 Å². The van der Waals surface area contributed by atoms with Gasteiger partial charge in [0.05, 0.1) is 6.04 Å². The Bertz CT molecular complexity index is 387. The van der Waals surface area contributed by atoms with Gasteiger partial charge in [-0.25, -0.2) is 0 Å². The van der Waals surface area contributed by atoms with E-state index in [1.54, 1.807) is 0 Å². The van der Waals surface area contributed by atoms with Crippen molar-refractivity contribution in [3.05, 3.63) is 11.8 Å². The zero-order valence-electron chi connectivity index (χ0n) is 14.2. The maximum Gasteiger partial charge on any atom is 0.232 e. The van der Waals surface area contributed by atoms with E-state index >= 15 is 0 Å². The lowest BCUT2D eigenvalue weighted by molar-refractivity contribution is -0.107. The molecule has 1 aromatic heterocycles. The van der Waals surface area contributed by atoms with Gasteiger partial charge in [0.1, 0.15) is 6.29 Å². The van der Waals surface area contributed by atoms with Gasteiger partial charge in [0.15, 0.2) is 0 Å². The molecule has 1 heterocycles. The second-order valence-electron chi connectivity index (χ2n) is 6.35.